The molecule has 0 radical (unpaired) electrons. The highest BCUT2D eigenvalue weighted by Gasteiger charge is 2.18. The molecule has 5 nitrogen and oxygen atoms in total. The fourth-order valence-corrected chi connectivity index (χ4v) is 3.13. The second-order valence-electron chi connectivity index (χ2n) is 4.64. The molecule has 116 valence electrons. The molecule has 8 heteroatoms. The van der Waals surface area contributed by atoms with Gasteiger partial charge < -0.3 is 0 Å². The molecular weight excluding hydrogens is 347 g/mol. The Kier molecular flexibility index (Phi) is 4.75. The van der Waals surface area contributed by atoms with Crippen LogP contribution in [-0.2, 0) is 10.0 Å². The molecule has 0 saturated carbocycles. The molecule has 1 aromatic heterocycles. The van der Waals surface area contributed by atoms with Crippen molar-refractivity contribution < 1.29 is 13.2 Å². The van der Waals surface area contributed by atoms with Gasteiger partial charge in [0.2, 0.25) is 0 Å². The van der Waals surface area contributed by atoms with Crippen LogP contribution in [0.3, 0.4) is 0 Å². The number of rotatable bonds is 4. The van der Waals surface area contributed by atoms with Gasteiger partial charge in [-0.1, -0.05) is 35.3 Å². The van der Waals surface area contributed by atoms with Crippen LogP contribution in [0.5, 0.6) is 0 Å². The number of carbonyl (C=O) groups is 1. The van der Waals surface area contributed by atoms with Crippen molar-refractivity contribution in [2.24, 2.45) is 0 Å². The summed E-state index contributed by atoms with van der Waals surface area (Å²) in [6.45, 7) is 3.14. The second kappa shape index (κ2) is 6.24. The predicted octanol–water partition coefficient (Wildman–Crippen LogP) is 3.70. The molecule has 0 saturated heterocycles. The van der Waals surface area contributed by atoms with Crippen molar-refractivity contribution >= 4 is 44.7 Å². The third kappa shape index (κ3) is 3.58. The summed E-state index contributed by atoms with van der Waals surface area (Å²) in [6, 6.07) is 6.00. The number of halogens is 2. The number of Topliss-reactive ketones (excluding diaryl/α,β-unsaturated/α-hetero) is 1. The molecule has 1 aromatic carbocycles. The summed E-state index contributed by atoms with van der Waals surface area (Å²) in [7, 11) is -3.88. The van der Waals surface area contributed by atoms with Gasteiger partial charge in [-0.15, -0.1) is 0 Å². The van der Waals surface area contributed by atoms with E-state index in [9.17, 15) is 13.2 Å². The lowest BCUT2D eigenvalue weighted by Crippen LogP contribution is -2.14. The third-order valence-corrected chi connectivity index (χ3v) is 4.99. The van der Waals surface area contributed by atoms with E-state index in [-0.39, 0.29) is 20.9 Å². The smallest absolute Gasteiger partial charge is 0.263 e. The van der Waals surface area contributed by atoms with Crippen molar-refractivity contribution in [3.63, 3.8) is 0 Å². The van der Waals surface area contributed by atoms with E-state index in [1.54, 1.807) is 19.1 Å². The largest absolute Gasteiger partial charge is 0.295 e. The average Bonchev–Trinajstić information content (AvgIpc) is 2.43. The lowest BCUT2D eigenvalue weighted by Gasteiger charge is -2.12. The number of hydrogen-bond acceptors (Lipinski definition) is 4. The zero-order valence-corrected chi connectivity index (χ0v) is 14.1. The van der Waals surface area contributed by atoms with Crippen LogP contribution >= 0.6 is 23.2 Å². The number of pyridine rings is 1. The first-order valence-electron chi connectivity index (χ1n) is 6.16. The number of aromatic nitrogens is 1. The van der Waals surface area contributed by atoms with E-state index in [0.717, 1.165) is 6.20 Å². The molecule has 0 unspecified atom stereocenters. The summed E-state index contributed by atoms with van der Waals surface area (Å²) in [4.78, 5) is 15.0. The highest BCUT2D eigenvalue weighted by Crippen LogP contribution is 2.25. The molecule has 0 spiro atoms. The summed E-state index contributed by atoms with van der Waals surface area (Å²) in [6.07, 6.45) is 1.11. The SMILES string of the molecule is CC(=O)c1ccc(C)c(NS(=O)(=O)c2cnc(Cl)c(Cl)c2)c1. The van der Waals surface area contributed by atoms with Crippen molar-refractivity contribution in [3.8, 4) is 0 Å². The van der Waals surface area contributed by atoms with E-state index in [4.69, 9.17) is 23.2 Å². The van der Waals surface area contributed by atoms with Gasteiger partial charge in [0, 0.05) is 11.8 Å². The lowest BCUT2D eigenvalue weighted by atomic mass is 10.1. The lowest BCUT2D eigenvalue weighted by molar-refractivity contribution is 0.101. The Balaban J connectivity index is 2.42. The van der Waals surface area contributed by atoms with Crippen LogP contribution in [0.1, 0.15) is 22.8 Å². The van der Waals surface area contributed by atoms with Gasteiger partial charge in [0.25, 0.3) is 10.0 Å². The van der Waals surface area contributed by atoms with E-state index in [1.165, 1.54) is 19.1 Å². The number of nitrogens with zero attached hydrogens (tertiary/aromatic N) is 1. The van der Waals surface area contributed by atoms with Crippen molar-refractivity contribution in [1.82, 2.24) is 4.98 Å². The highest BCUT2D eigenvalue weighted by molar-refractivity contribution is 7.92. The molecule has 0 amide bonds. The van der Waals surface area contributed by atoms with Crippen LogP contribution in [-0.4, -0.2) is 19.2 Å². The molecule has 2 rings (SSSR count). The van der Waals surface area contributed by atoms with Gasteiger partial charge in [0.05, 0.1) is 10.7 Å². The molecule has 0 aliphatic heterocycles. The fraction of sp³-hybridized carbons (Fsp3) is 0.143. The molecule has 22 heavy (non-hydrogen) atoms. The number of anilines is 1. The van der Waals surface area contributed by atoms with Crippen molar-refractivity contribution in [2.75, 3.05) is 4.72 Å². The number of hydrogen-bond donors (Lipinski definition) is 1. The Hall–Kier alpha value is -1.63. The minimum atomic E-state index is -3.88. The number of carbonyl (C=O) groups excluding carboxylic acids is 1. The maximum Gasteiger partial charge on any atom is 0.263 e. The van der Waals surface area contributed by atoms with Crippen molar-refractivity contribution in [3.05, 3.63) is 51.8 Å². The van der Waals surface area contributed by atoms with Crippen molar-refractivity contribution in [1.29, 1.82) is 0 Å². The first-order valence-corrected chi connectivity index (χ1v) is 8.40. The summed E-state index contributed by atoms with van der Waals surface area (Å²) in [5, 5.41) is 0.0640. The van der Waals surface area contributed by atoms with Gasteiger partial charge in [-0.2, -0.15) is 0 Å². The van der Waals surface area contributed by atoms with E-state index < -0.39 is 10.0 Å². The number of benzene rings is 1. The molecule has 2 aromatic rings. The van der Waals surface area contributed by atoms with E-state index in [2.05, 4.69) is 9.71 Å². The maximum absolute atomic E-state index is 12.4. The van der Waals surface area contributed by atoms with E-state index >= 15 is 0 Å². The quantitative estimate of drug-likeness (QED) is 0.667. The van der Waals surface area contributed by atoms with Gasteiger partial charge >= 0.3 is 0 Å². The minimum Gasteiger partial charge on any atom is -0.295 e. The standard InChI is InChI=1S/C14H12Cl2N2O3S/c1-8-3-4-10(9(2)19)5-13(8)18-22(20,21)11-6-12(15)14(16)17-7-11/h3-7,18H,1-2H3. The van der Waals surface area contributed by atoms with Crippen LogP contribution in [0.4, 0.5) is 5.69 Å². The Morgan fingerprint density at radius 1 is 1.23 bits per heavy atom. The Bertz CT molecular complexity index is 851. The average molecular weight is 359 g/mol. The molecule has 0 bridgehead atoms. The number of sulfonamides is 1. The van der Waals surface area contributed by atoms with Crippen LogP contribution in [0.15, 0.2) is 35.4 Å². The Labute approximate surface area is 138 Å². The molecule has 0 aliphatic rings. The molecule has 0 aliphatic carbocycles. The van der Waals surface area contributed by atoms with Gasteiger partial charge in [-0.05, 0) is 31.5 Å². The number of ketones is 1. The van der Waals surface area contributed by atoms with Gasteiger partial charge in [0.15, 0.2) is 5.78 Å². The number of aryl methyl sites for hydroxylation is 1. The number of nitrogens with one attached hydrogen (secondary N) is 1. The van der Waals surface area contributed by atoms with Gasteiger partial charge in [0.1, 0.15) is 10.0 Å². The fourth-order valence-electron chi connectivity index (χ4n) is 1.71. The zero-order valence-electron chi connectivity index (χ0n) is 11.7. The summed E-state index contributed by atoms with van der Waals surface area (Å²) in [5.74, 6) is -0.156. The van der Waals surface area contributed by atoms with Crippen LogP contribution in [0.2, 0.25) is 10.2 Å². The summed E-state index contributed by atoms with van der Waals surface area (Å²) >= 11 is 11.5. The van der Waals surface area contributed by atoms with Crippen molar-refractivity contribution in [2.45, 2.75) is 18.7 Å². The Morgan fingerprint density at radius 3 is 2.50 bits per heavy atom. The first-order chi connectivity index (χ1) is 10.2. The normalized spacial score (nSPS) is 11.3. The van der Waals surface area contributed by atoms with Gasteiger partial charge in [-0.25, -0.2) is 13.4 Å². The molecule has 1 N–H and O–H groups in total. The van der Waals surface area contributed by atoms with E-state index in [1.807, 2.05) is 0 Å². The van der Waals surface area contributed by atoms with Crippen LogP contribution in [0.25, 0.3) is 0 Å². The molecule has 0 atom stereocenters. The monoisotopic (exact) mass is 358 g/mol. The summed E-state index contributed by atoms with van der Waals surface area (Å²) in [5.41, 5.74) is 1.41. The topological polar surface area (TPSA) is 76.1 Å². The molecule has 0 fully saturated rings. The first kappa shape index (κ1) is 16.7. The second-order valence-corrected chi connectivity index (χ2v) is 7.08. The predicted molar refractivity (Wildman–Crippen MR) is 86.2 cm³/mol. The molecule has 1 heterocycles. The Morgan fingerprint density at radius 2 is 1.91 bits per heavy atom. The third-order valence-electron chi connectivity index (χ3n) is 2.97. The van der Waals surface area contributed by atoms with Crippen LogP contribution < -0.4 is 4.72 Å². The van der Waals surface area contributed by atoms with Gasteiger partial charge in [-0.3, -0.25) is 9.52 Å². The van der Waals surface area contributed by atoms with Crippen LogP contribution in [0, 0.1) is 6.92 Å². The summed E-state index contributed by atoms with van der Waals surface area (Å²) < 4.78 is 27.1. The zero-order chi connectivity index (χ0) is 16.5. The highest BCUT2D eigenvalue weighted by atomic mass is 35.5. The minimum absolute atomic E-state index is 0.0235. The molecular formula is C14H12Cl2N2O3S. The maximum atomic E-state index is 12.4. The van der Waals surface area contributed by atoms with E-state index in [0.29, 0.717) is 16.8 Å².